The number of nitrogens with one attached hydrogen (secondary N) is 1. The summed E-state index contributed by atoms with van der Waals surface area (Å²) in [6.45, 7) is 4.04. The van der Waals surface area contributed by atoms with Gasteiger partial charge in [0.1, 0.15) is 5.75 Å². The third-order valence-electron chi connectivity index (χ3n) is 2.22. The van der Waals surface area contributed by atoms with Crippen molar-refractivity contribution in [2.24, 2.45) is 0 Å². The molecule has 0 saturated carbocycles. The summed E-state index contributed by atoms with van der Waals surface area (Å²) in [6.07, 6.45) is 0.917. The number of benzene rings is 1. The topological polar surface area (TPSA) is 38.3 Å². The molecule has 0 spiro atoms. The Labute approximate surface area is 104 Å². The molecule has 0 aliphatic heterocycles. The van der Waals surface area contributed by atoms with Crippen molar-refractivity contribution >= 4 is 21.8 Å². The summed E-state index contributed by atoms with van der Waals surface area (Å²) in [6, 6.07) is 7.65. The molecule has 0 aliphatic rings. The molecule has 1 rings (SSSR count). The highest BCUT2D eigenvalue weighted by molar-refractivity contribution is 9.10. The van der Waals surface area contributed by atoms with Crippen LogP contribution in [0.25, 0.3) is 0 Å². The van der Waals surface area contributed by atoms with E-state index in [0.29, 0.717) is 5.75 Å². The number of ether oxygens (including phenoxy) is 1. The number of para-hydroxylation sites is 1. The van der Waals surface area contributed by atoms with Crippen molar-refractivity contribution in [2.45, 2.75) is 26.3 Å². The highest BCUT2D eigenvalue weighted by Gasteiger charge is 2.07. The lowest BCUT2D eigenvalue weighted by Crippen LogP contribution is -2.35. The molecule has 0 saturated heterocycles. The van der Waals surface area contributed by atoms with E-state index in [1.165, 1.54) is 0 Å². The number of hydrogen-bond donors (Lipinski definition) is 1. The van der Waals surface area contributed by atoms with E-state index in [9.17, 15) is 4.79 Å². The van der Waals surface area contributed by atoms with Crippen molar-refractivity contribution in [3.63, 3.8) is 0 Å². The van der Waals surface area contributed by atoms with Crippen molar-refractivity contribution in [3.8, 4) is 5.75 Å². The van der Waals surface area contributed by atoms with E-state index in [2.05, 4.69) is 21.2 Å². The summed E-state index contributed by atoms with van der Waals surface area (Å²) in [4.78, 5) is 11.4. The van der Waals surface area contributed by atoms with Gasteiger partial charge in [-0.05, 0) is 41.4 Å². The Morgan fingerprint density at radius 3 is 2.81 bits per heavy atom. The quantitative estimate of drug-likeness (QED) is 0.903. The summed E-state index contributed by atoms with van der Waals surface area (Å²) >= 11 is 3.35. The first-order chi connectivity index (χ1) is 7.63. The Morgan fingerprint density at radius 1 is 1.50 bits per heavy atom. The van der Waals surface area contributed by atoms with Crippen LogP contribution in [0.4, 0.5) is 0 Å². The first-order valence-corrected chi connectivity index (χ1v) is 6.09. The lowest BCUT2D eigenvalue weighted by atomic mass is 10.2. The van der Waals surface area contributed by atoms with E-state index in [1.54, 1.807) is 0 Å². The molecule has 1 atom stereocenters. The van der Waals surface area contributed by atoms with Crippen LogP contribution in [0.1, 0.15) is 20.3 Å². The average Bonchev–Trinajstić information content (AvgIpc) is 2.28. The monoisotopic (exact) mass is 285 g/mol. The molecule has 0 unspecified atom stereocenters. The van der Waals surface area contributed by atoms with Gasteiger partial charge in [-0.1, -0.05) is 19.1 Å². The molecule has 0 bridgehead atoms. The second kappa shape index (κ2) is 6.53. The maximum atomic E-state index is 11.4. The van der Waals surface area contributed by atoms with Crippen LogP contribution in [0.3, 0.4) is 0 Å². The maximum Gasteiger partial charge on any atom is 0.258 e. The van der Waals surface area contributed by atoms with Gasteiger partial charge in [-0.15, -0.1) is 0 Å². The Morgan fingerprint density at radius 2 is 2.19 bits per heavy atom. The van der Waals surface area contributed by atoms with Gasteiger partial charge in [-0.2, -0.15) is 0 Å². The molecular formula is C12H16BrNO2. The number of rotatable bonds is 5. The van der Waals surface area contributed by atoms with E-state index < -0.39 is 0 Å². The number of carbonyl (C=O) groups is 1. The van der Waals surface area contributed by atoms with E-state index in [1.807, 2.05) is 38.1 Å². The first kappa shape index (κ1) is 13.0. The number of hydrogen-bond acceptors (Lipinski definition) is 2. The summed E-state index contributed by atoms with van der Waals surface area (Å²) in [7, 11) is 0. The van der Waals surface area contributed by atoms with E-state index in [-0.39, 0.29) is 18.6 Å². The minimum Gasteiger partial charge on any atom is -0.483 e. The lowest BCUT2D eigenvalue weighted by Gasteiger charge is -2.12. The zero-order valence-corrected chi connectivity index (χ0v) is 11.1. The summed E-state index contributed by atoms with van der Waals surface area (Å²) in [5.41, 5.74) is 0. The normalized spacial score (nSPS) is 11.9. The van der Waals surface area contributed by atoms with Crippen LogP contribution in [0.2, 0.25) is 0 Å². The fraction of sp³-hybridized carbons (Fsp3) is 0.417. The molecule has 88 valence electrons. The molecule has 0 aliphatic carbocycles. The predicted molar refractivity (Wildman–Crippen MR) is 67.5 cm³/mol. The Hall–Kier alpha value is -1.03. The fourth-order valence-electron chi connectivity index (χ4n) is 1.12. The molecule has 1 aromatic rings. The molecule has 4 heteroatoms. The van der Waals surface area contributed by atoms with Gasteiger partial charge in [0.2, 0.25) is 0 Å². The molecule has 1 amide bonds. The molecule has 3 nitrogen and oxygen atoms in total. The number of carbonyl (C=O) groups excluding carboxylic acids is 1. The second-order valence-electron chi connectivity index (χ2n) is 3.60. The molecule has 0 fully saturated rings. The maximum absolute atomic E-state index is 11.4. The van der Waals surface area contributed by atoms with Crippen molar-refractivity contribution in [1.29, 1.82) is 0 Å². The SMILES string of the molecule is CC[C@@H](C)NC(=O)COc1ccccc1Br. The standard InChI is InChI=1S/C12H16BrNO2/c1-3-9(2)14-12(15)8-16-11-7-5-4-6-10(11)13/h4-7,9H,3,8H2,1-2H3,(H,14,15)/t9-/m1/s1. The van der Waals surface area contributed by atoms with Crippen LogP contribution < -0.4 is 10.1 Å². The van der Waals surface area contributed by atoms with Gasteiger partial charge in [-0.3, -0.25) is 4.79 Å². The van der Waals surface area contributed by atoms with Gasteiger partial charge >= 0.3 is 0 Å². The van der Waals surface area contributed by atoms with Gasteiger partial charge < -0.3 is 10.1 Å². The molecule has 1 aromatic carbocycles. The predicted octanol–water partition coefficient (Wildman–Crippen LogP) is 2.74. The minimum absolute atomic E-state index is 0.0486. The van der Waals surface area contributed by atoms with Crippen LogP contribution in [0.15, 0.2) is 28.7 Å². The Kier molecular flexibility index (Phi) is 5.32. The Balaban J connectivity index is 2.40. The largest absolute Gasteiger partial charge is 0.483 e. The number of halogens is 1. The van der Waals surface area contributed by atoms with E-state index in [4.69, 9.17) is 4.74 Å². The van der Waals surface area contributed by atoms with Gasteiger partial charge in [0.15, 0.2) is 6.61 Å². The lowest BCUT2D eigenvalue weighted by molar-refractivity contribution is -0.123. The van der Waals surface area contributed by atoms with Crippen molar-refractivity contribution in [2.75, 3.05) is 6.61 Å². The summed E-state index contributed by atoms with van der Waals surface area (Å²) in [5.74, 6) is 0.590. The van der Waals surface area contributed by atoms with Crippen molar-refractivity contribution in [3.05, 3.63) is 28.7 Å². The van der Waals surface area contributed by atoms with Gasteiger partial charge in [0, 0.05) is 6.04 Å². The van der Waals surface area contributed by atoms with Gasteiger partial charge in [-0.25, -0.2) is 0 Å². The average molecular weight is 286 g/mol. The molecule has 0 aromatic heterocycles. The zero-order chi connectivity index (χ0) is 12.0. The van der Waals surface area contributed by atoms with Crippen LogP contribution in [-0.4, -0.2) is 18.6 Å². The van der Waals surface area contributed by atoms with Crippen LogP contribution >= 0.6 is 15.9 Å². The fourth-order valence-corrected chi connectivity index (χ4v) is 1.52. The molecule has 1 N–H and O–H groups in total. The van der Waals surface area contributed by atoms with Crippen LogP contribution in [-0.2, 0) is 4.79 Å². The van der Waals surface area contributed by atoms with Crippen LogP contribution in [0.5, 0.6) is 5.75 Å². The van der Waals surface area contributed by atoms with E-state index in [0.717, 1.165) is 10.9 Å². The van der Waals surface area contributed by atoms with Gasteiger partial charge in [0.05, 0.1) is 4.47 Å². The Bertz CT molecular complexity index is 355. The first-order valence-electron chi connectivity index (χ1n) is 5.30. The van der Waals surface area contributed by atoms with Crippen LogP contribution in [0, 0.1) is 0 Å². The number of amides is 1. The highest BCUT2D eigenvalue weighted by Crippen LogP contribution is 2.23. The molecule has 0 heterocycles. The van der Waals surface area contributed by atoms with E-state index >= 15 is 0 Å². The summed E-state index contributed by atoms with van der Waals surface area (Å²) in [5, 5.41) is 2.84. The molecule has 16 heavy (non-hydrogen) atoms. The van der Waals surface area contributed by atoms with Crippen molar-refractivity contribution < 1.29 is 9.53 Å². The minimum atomic E-state index is -0.0925. The smallest absolute Gasteiger partial charge is 0.258 e. The third kappa shape index (κ3) is 4.23. The third-order valence-corrected chi connectivity index (χ3v) is 2.87. The summed E-state index contributed by atoms with van der Waals surface area (Å²) < 4.78 is 6.24. The highest BCUT2D eigenvalue weighted by atomic mass is 79.9. The van der Waals surface area contributed by atoms with Gasteiger partial charge in [0.25, 0.3) is 5.91 Å². The second-order valence-corrected chi connectivity index (χ2v) is 4.45. The van der Waals surface area contributed by atoms with Crippen molar-refractivity contribution in [1.82, 2.24) is 5.32 Å². The molecule has 0 radical (unpaired) electrons. The molecular weight excluding hydrogens is 270 g/mol. The zero-order valence-electron chi connectivity index (χ0n) is 9.50.